The Balaban J connectivity index is 0.000000141. The molecular formula is C101H123ClN16O3S2. The topological polar surface area (TPSA) is 211 Å². The number of nitrogens with one attached hydrogen (secondary N) is 4. The Bertz CT molecular complexity index is 5130. The van der Waals surface area contributed by atoms with E-state index >= 15 is 0 Å². The summed E-state index contributed by atoms with van der Waals surface area (Å²) >= 11 is 9.75. The van der Waals surface area contributed by atoms with Gasteiger partial charge < -0.3 is 31.1 Å². The second-order valence-electron chi connectivity index (χ2n) is 32.5. The molecule has 12 aromatic rings. The van der Waals surface area contributed by atoms with E-state index in [0.29, 0.717) is 24.7 Å². The van der Waals surface area contributed by atoms with Gasteiger partial charge in [0.15, 0.2) is 0 Å². The quantitative estimate of drug-likeness (QED) is 0.0242. The molecule has 123 heavy (non-hydrogen) atoms. The number of carbonyl (C=O) groups is 1. The lowest BCUT2D eigenvalue weighted by atomic mass is 10.0. The van der Waals surface area contributed by atoms with Crippen molar-refractivity contribution in [2.24, 2.45) is 0 Å². The zero-order chi connectivity index (χ0) is 85.0. The predicted molar refractivity (Wildman–Crippen MR) is 502 cm³/mol. The van der Waals surface area contributed by atoms with Crippen molar-refractivity contribution < 1.29 is 14.6 Å². The highest BCUT2D eigenvalue weighted by atomic mass is 35.5. The molecule has 6 aromatic carbocycles. The average molecular weight is 1710 g/mol. The number of methoxy groups -OCH3 is 1. The van der Waals surface area contributed by atoms with Crippen LogP contribution in [0.25, 0.3) is 45.0 Å². The number of piperidine rings is 2. The van der Waals surface area contributed by atoms with Crippen LogP contribution in [0.2, 0.25) is 5.02 Å². The number of benzene rings is 6. The molecule has 4 aliphatic heterocycles. The Morgan fingerprint density at radius 1 is 0.463 bits per heavy atom. The summed E-state index contributed by atoms with van der Waals surface area (Å²) in [5.74, 6) is 3.69. The number of carbonyl (C=O) groups excluding carboxylic acids is 1. The molecule has 4 aliphatic rings. The van der Waals surface area contributed by atoms with E-state index in [1.807, 2.05) is 102 Å². The van der Waals surface area contributed by atoms with E-state index in [4.69, 9.17) is 36.3 Å². The summed E-state index contributed by atoms with van der Waals surface area (Å²) in [4.78, 5) is 62.1. The number of piperazine rings is 2. The number of nitrogens with zero attached hydrogens (tertiary/aromatic N) is 12. The molecule has 19 nitrogen and oxygen atoms in total. The van der Waals surface area contributed by atoms with Gasteiger partial charge in [-0.05, 0) is 252 Å². The molecule has 644 valence electrons. The Morgan fingerprint density at radius 2 is 0.894 bits per heavy atom. The number of phenols is 1. The van der Waals surface area contributed by atoms with Crippen LogP contribution < -0.4 is 21.3 Å². The molecule has 2 atom stereocenters. The number of aromatic hydroxyl groups is 1. The molecule has 0 aliphatic carbocycles. The normalized spacial score (nSPS) is 15.9. The van der Waals surface area contributed by atoms with E-state index in [1.54, 1.807) is 12.1 Å². The molecule has 0 bridgehead atoms. The summed E-state index contributed by atoms with van der Waals surface area (Å²) in [7, 11) is 1.43. The first-order valence-electron chi connectivity index (χ1n) is 44.5. The number of aromatic nitrogens is 8. The molecule has 5 N–H and O–H groups in total. The van der Waals surface area contributed by atoms with E-state index in [0.717, 1.165) is 232 Å². The smallest absolute Gasteiger partial charge is 0.324 e. The first-order chi connectivity index (χ1) is 60.4. The molecule has 16 rings (SSSR count). The first-order valence-corrected chi connectivity index (χ1v) is 46.6. The van der Waals surface area contributed by atoms with Crippen molar-refractivity contribution in [3.63, 3.8) is 0 Å². The molecule has 6 aromatic heterocycles. The zero-order valence-electron chi connectivity index (χ0n) is 72.2. The van der Waals surface area contributed by atoms with Gasteiger partial charge in [-0.1, -0.05) is 135 Å². The fourth-order valence-corrected chi connectivity index (χ4v) is 18.4. The highest BCUT2D eigenvalue weighted by Gasteiger charge is 2.27. The van der Waals surface area contributed by atoms with Crippen LogP contribution in [0.3, 0.4) is 0 Å². The van der Waals surface area contributed by atoms with Crippen LogP contribution in [-0.2, 0) is 87.1 Å². The number of rotatable bonds is 33. The van der Waals surface area contributed by atoms with Gasteiger partial charge in [0, 0.05) is 171 Å². The number of thiophene rings is 2. The van der Waals surface area contributed by atoms with Crippen molar-refractivity contribution in [3.8, 4) is 50.8 Å². The number of halogens is 1. The average Bonchev–Trinajstić information content (AvgIpc) is 0.995. The first kappa shape index (κ1) is 91.0. The summed E-state index contributed by atoms with van der Waals surface area (Å²) < 4.78 is 4.88. The largest absolute Gasteiger partial charge is 0.508 e. The highest BCUT2D eigenvalue weighted by Crippen LogP contribution is 2.28. The van der Waals surface area contributed by atoms with Crippen molar-refractivity contribution in [2.75, 3.05) is 85.6 Å². The van der Waals surface area contributed by atoms with E-state index in [1.165, 1.54) is 92.6 Å². The maximum atomic E-state index is 11.9. The van der Waals surface area contributed by atoms with Crippen LogP contribution in [0.1, 0.15) is 139 Å². The molecule has 0 saturated carbocycles. The second kappa shape index (κ2) is 49.1. The fraction of sp³-hybridized carbons (Fsp3) is 0.396. The van der Waals surface area contributed by atoms with Crippen molar-refractivity contribution in [1.82, 2.24) is 80.7 Å². The third-order valence-corrected chi connectivity index (χ3v) is 25.6. The molecule has 1 unspecified atom stereocenters. The zero-order valence-corrected chi connectivity index (χ0v) is 74.6. The van der Waals surface area contributed by atoms with E-state index in [-0.39, 0.29) is 17.8 Å². The minimum Gasteiger partial charge on any atom is -0.508 e. The summed E-state index contributed by atoms with van der Waals surface area (Å²) in [6, 6.07) is 68.7. The summed E-state index contributed by atoms with van der Waals surface area (Å²) in [6.45, 7) is 22.8. The van der Waals surface area contributed by atoms with E-state index in [9.17, 15) is 9.90 Å². The molecule has 22 heteroatoms. The van der Waals surface area contributed by atoms with Gasteiger partial charge >= 0.3 is 5.97 Å². The maximum absolute atomic E-state index is 11.9. The van der Waals surface area contributed by atoms with Crippen molar-refractivity contribution >= 4 is 40.2 Å². The second-order valence-corrected chi connectivity index (χ2v) is 35.0. The maximum Gasteiger partial charge on any atom is 0.324 e. The number of ether oxygens (including phenoxy) is 1. The van der Waals surface area contributed by atoms with Crippen LogP contribution in [0, 0.1) is 0 Å². The fourth-order valence-electron chi connectivity index (χ4n) is 16.7. The van der Waals surface area contributed by atoms with Gasteiger partial charge in [-0.2, -0.15) is 0 Å². The predicted octanol–water partition coefficient (Wildman–Crippen LogP) is 17.6. The Hall–Kier alpha value is -9.72. The molecule has 10 heterocycles. The molecule has 0 amide bonds. The van der Waals surface area contributed by atoms with Gasteiger partial charge in [-0.25, -0.2) is 39.9 Å². The lowest BCUT2D eigenvalue weighted by molar-refractivity contribution is -0.144. The SMILES string of the molecule is CCN(Cc1cccc(-c2ccnc(CCCc3cccc(Cl)c3)n2)c1)C1CCNCC1.CCN(Cc1cccc(-c2ccnc(CCCc3cccs3)n2)c1)C1CCNCC1.COC(=O)C1CN(Cc2cccc(-c3ccnc(CCCc4ccc(O)cc4)n3)c2)CCN1.C[C@H]1CNCCN1Cc1cccc(-c2ccnc(CCCc3cccs3)n2)c1. The lowest BCUT2D eigenvalue weighted by Crippen LogP contribution is -2.54. The molecule has 0 spiro atoms. The van der Waals surface area contributed by atoms with Crippen molar-refractivity contribution in [2.45, 2.75) is 174 Å². The van der Waals surface area contributed by atoms with Gasteiger partial charge in [0.05, 0.1) is 29.9 Å². The van der Waals surface area contributed by atoms with Gasteiger partial charge in [-0.3, -0.25) is 24.4 Å². The standard InChI is InChI=1S/C27H33ClN4.C26H30N4O3.C25H32N4S.C23H28N4S/c1-2-32(25-12-15-29-16-13-25)20-22-8-3-9-23(18-22)26-14-17-30-27(31-26)11-5-7-21-6-4-10-24(28)19-21;1-33-26(32)24-18-30(15-14-27-24)17-20-5-2-6-21(16-20)23-12-13-28-25(29-23)7-3-4-19-8-10-22(31)11-9-19;1-2-29(22-11-14-26-15-12-22)19-20-6-3-7-21(18-20)24-13-16-27-25(28-24)10-4-8-23-9-5-17-30-23;1-18-16-24-12-13-27(18)17-19-5-2-6-20(15-19)22-10-11-25-23(26-22)9-3-7-21-8-4-14-28-21/h3-4,6,8-10,14,17-19,25,29H,2,5,7,11-13,15-16,20H2,1H3;2,5-6,8-13,16,24,27,31H,3-4,7,14-15,17-18H2,1H3;3,5-7,9,13,16-18,22,26H,2,4,8,10-12,14-15,19H2,1H3;2,4-6,8,10-11,14-15,18,24H,3,7,9,12-13,16-17H2,1H3/t;;;18-/m...0/s1. The molecule has 0 radical (unpaired) electrons. The van der Waals surface area contributed by atoms with Crippen molar-refractivity contribution in [1.29, 1.82) is 0 Å². The van der Waals surface area contributed by atoms with Gasteiger partial charge in [0.1, 0.15) is 35.1 Å². The highest BCUT2D eigenvalue weighted by molar-refractivity contribution is 7.10. The Kier molecular flexibility index (Phi) is 36.3. The molecular weight excluding hydrogens is 1580 g/mol. The summed E-state index contributed by atoms with van der Waals surface area (Å²) in [5, 5.41) is 28.1. The van der Waals surface area contributed by atoms with Crippen LogP contribution in [0.15, 0.2) is 230 Å². The minimum absolute atomic E-state index is 0.215. The molecule has 4 saturated heterocycles. The molecule has 4 fully saturated rings. The Morgan fingerprint density at radius 3 is 1.33 bits per heavy atom. The summed E-state index contributed by atoms with van der Waals surface area (Å²) in [6.07, 6.45) is 24.2. The van der Waals surface area contributed by atoms with E-state index in [2.05, 4.69) is 220 Å². The van der Waals surface area contributed by atoms with Crippen LogP contribution in [0.4, 0.5) is 0 Å². The van der Waals surface area contributed by atoms with Crippen molar-refractivity contribution in [3.05, 3.63) is 301 Å². The Labute approximate surface area is 742 Å². The number of aryl methyl sites for hydroxylation is 8. The van der Waals surface area contributed by atoms with Crippen LogP contribution in [-0.4, -0.2) is 180 Å². The summed E-state index contributed by atoms with van der Waals surface area (Å²) in [5.41, 5.74) is 16.3. The number of phenolic OH excluding ortho intramolecular Hbond substituents is 1. The lowest BCUT2D eigenvalue weighted by Gasteiger charge is -2.34. The minimum atomic E-state index is -0.280. The van der Waals surface area contributed by atoms with Gasteiger partial charge in [0.25, 0.3) is 0 Å². The van der Waals surface area contributed by atoms with Crippen LogP contribution in [0.5, 0.6) is 5.75 Å². The van der Waals surface area contributed by atoms with E-state index < -0.39 is 0 Å². The third kappa shape index (κ3) is 29.5. The van der Waals surface area contributed by atoms with Gasteiger partial charge in [0.2, 0.25) is 0 Å². The third-order valence-electron chi connectivity index (χ3n) is 23.5. The van der Waals surface area contributed by atoms with Crippen LogP contribution >= 0.6 is 34.3 Å². The number of hydrogen-bond donors (Lipinski definition) is 5. The number of hydrogen-bond acceptors (Lipinski definition) is 21. The monoisotopic (exact) mass is 1710 g/mol. The van der Waals surface area contributed by atoms with Gasteiger partial charge in [-0.15, -0.1) is 22.7 Å². The number of esters is 1.